The largest absolute Gasteiger partial charge is 0.315 e. The third-order valence-corrected chi connectivity index (χ3v) is 1.97. The van der Waals surface area contributed by atoms with Crippen molar-refractivity contribution in [2.75, 3.05) is 13.1 Å². The third-order valence-electron chi connectivity index (χ3n) is 1.97. The fourth-order valence-electron chi connectivity index (χ4n) is 1.21. The van der Waals surface area contributed by atoms with Gasteiger partial charge in [0.05, 0.1) is 12.6 Å². The van der Waals surface area contributed by atoms with Crippen LogP contribution in [-0.4, -0.2) is 22.9 Å². The lowest BCUT2D eigenvalue weighted by Gasteiger charge is -2.03. The highest BCUT2D eigenvalue weighted by molar-refractivity contribution is 4.77. The molecule has 0 saturated heterocycles. The molecule has 1 N–H and O–H groups in total. The van der Waals surface area contributed by atoms with E-state index in [0.717, 1.165) is 32.5 Å². The molecule has 0 amide bonds. The normalized spacial score (nSPS) is 9.93. The summed E-state index contributed by atoms with van der Waals surface area (Å²) in [6, 6.07) is 4.06. The lowest BCUT2D eigenvalue weighted by Crippen LogP contribution is -2.21. The molecule has 1 heterocycles. The second kappa shape index (κ2) is 7.10. The molecule has 0 aliphatic carbocycles. The Kier molecular flexibility index (Phi) is 5.45. The first-order valence-electron chi connectivity index (χ1n) is 4.98. The zero-order valence-electron chi connectivity index (χ0n) is 8.32. The zero-order chi connectivity index (χ0) is 10.1. The number of nitrogens with one attached hydrogen (secondary N) is 1. The van der Waals surface area contributed by atoms with Crippen molar-refractivity contribution in [3.8, 4) is 6.07 Å². The summed E-state index contributed by atoms with van der Waals surface area (Å²) in [6.07, 6.45) is 6.48. The molecule has 1 rings (SSSR count). The van der Waals surface area contributed by atoms with Crippen LogP contribution in [0.1, 0.15) is 19.3 Å². The summed E-state index contributed by atoms with van der Waals surface area (Å²) in [6.45, 7) is 2.84. The van der Waals surface area contributed by atoms with Gasteiger partial charge in [-0.15, -0.1) is 0 Å². The van der Waals surface area contributed by atoms with Gasteiger partial charge in [-0.3, -0.25) is 4.68 Å². The van der Waals surface area contributed by atoms with Crippen molar-refractivity contribution < 1.29 is 0 Å². The van der Waals surface area contributed by atoms with Gasteiger partial charge in [0.25, 0.3) is 0 Å². The van der Waals surface area contributed by atoms with Crippen LogP contribution in [0.3, 0.4) is 0 Å². The van der Waals surface area contributed by atoms with Crippen LogP contribution in [0.2, 0.25) is 0 Å². The van der Waals surface area contributed by atoms with Gasteiger partial charge in [-0.2, -0.15) is 10.4 Å². The molecule has 0 unspecified atom stereocenters. The maximum atomic E-state index is 8.31. The minimum absolute atomic E-state index is 0.667. The number of rotatable bonds is 7. The van der Waals surface area contributed by atoms with E-state index >= 15 is 0 Å². The Hall–Kier alpha value is -1.34. The van der Waals surface area contributed by atoms with Crippen molar-refractivity contribution in [3.05, 3.63) is 18.5 Å². The Morgan fingerprint density at radius 2 is 2.29 bits per heavy atom. The Labute approximate surface area is 84.5 Å². The zero-order valence-corrected chi connectivity index (χ0v) is 8.32. The highest BCUT2D eigenvalue weighted by Crippen LogP contribution is 1.91. The number of hydrogen-bond acceptors (Lipinski definition) is 3. The van der Waals surface area contributed by atoms with E-state index in [-0.39, 0.29) is 0 Å². The van der Waals surface area contributed by atoms with Gasteiger partial charge in [0.2, 0.25) is 0 Å². The lowest BCUT2D eigenvalue weighted by atomic mass is 10.2. The molecule has 0 spiro atoms. The van der Waals surface area contributed by atoms with Gasteiger partial charge in [0.1, 0.15) is 0 Å². The van der Waals surface area contributed by atoms with Crippen LogP contribution in [0.4, 0.5) is 0 Å². The van der Waals surface area contributed by atoms with Crippen molar-refractivity contribution in [1.82, 2.24) is 15.1 Å². The summed E-state index contributed by atoms with van der Waals surface area (Å²) in [7, 11) is 0. The van der Waals surface area contributed by atoms with Crippen LogP contribution in [0.15, 0.2) is 18.5 Å². The van der Waals surface area contributed by atoms with Crippen molar-refractivity contribution in [1.29, 1.82) is 5.26 Å². The highest BCUT2D eigenvalue weighted by Gasteiger charge is 1.90. The van der Waals surface area contributed by atoms with Crippen molar-refractivity contribution in [2.24, 2.45) is 0 Å². The first-order valence-corrected chi connectivity index (χ1v) is 4.98. The van der Waals surface area contributed by atoms with Crippen molar-refractivity contribution in [2.45, 2.75) is 25.8 Å². The molecule has 4 nitrogen and oxygen atoms in total. The van der Waals surface area contributed by atoms with Crippen LogP contribution in [0, 0.1) is 11.3 Å². The Morgan fingerprint density at radius 3 is 3.00 bits per heavy atom. The van der Waals surface area contributed by atoms with Crippen LogP contribution in [0.25, 0.3) is 0 Å². The van der Waals surface area contributed by atoms with Crippen LogP contribution in [-0.2, 0) is 6.54 Å². The molecule has 14 heavy (non-hydrogen) atoms. The molecule has 4 heteroatoms. The summed E-state index contributed by atoms with van der Waals surface area (Å²) in [5.41, 5.74) is 0. The molecule has 0 aliphatic rings. The monoisotopic (exact) mass is 192 g/mol. The van der Waals surface area contributed by atoms with E-state index in [4.69, 9.17) is 5.26 Å². The molecule has 0 bridgehead atoms. The first kappa shape index (κ1) is 10.7. The fourth-order valence-corrected chi connectivity index (χ4v) is 1.21. The number of unbranched alkanes of at least 4 members (excludes halogenated alkanes) is 2. The molecular formula is C10H16N4. The Morgan fingerprint density at radius 1 is 1.36 bits per heavy atom. The van der Waals surface area contributed by atoms with E-state index in [1.54, 1.807) is 6.20 Å². The molecule has 0 saturated carbocycles. The molecule has 0 aromatic carbocycles. The maximum absolute atomic E-state index is 8.31. The van der Waals surface area contributed by atoms with Gasteiger partial charge in [-0.25, -0.2) is 0 Å². The average Bonchev–Trinajstić information content (AvgIpc) is 2.69. The molecule has 1 aromatic rings. The summed E-state index contributed by atoms with van der Waals surface area (Å²) >= 11 is 0. The maximum Gasteiger partial charge on any atom is 0.0621 e. The highest BCUT2D eigenvalue weighted by atomic mass is 15.3. The van der Waals surface area contributed by atoms with Gasteiger partial charge in [-0.1, -0.05) is 0 Å². The summed E-state index contributed by atoms with van der Waals surface area (Å²) in [4.78, 5) is 0. The minimum Gasteiger partial charge on any atom is -0.315 e. The lowest BCUT2D eigenvalue weighted by molar-refractivity contribution is 0.542. The molecule has 0 aliphatic heterocycles. The Balaban J connectivity index is 1.88. The van der Waals surface area contributed by atoms with Crippen LogP contribution in [0.5, 0.6) is 0 Å². The van der Waals surface area contributed by atoms with E-state index in [2.05, 4.69) is 16.5 Å². The van der Waals surface area contributed by atoms with Gasteiger partial charge >= 0.3 is 0 Å². The summed E-state index contributed by atoms with van der Waals surface area (Å²) < 4.78 is 1.91. The number of aromatic nitrogens is 2. The average molecular weight is 192 g/mol. The van der Waals surface area contributed by atoms with E-state index in [1.165, 1.54) is 0 Å². The fraction of sp³-hybridized carbons (Fsp3) is 0.600. The van der Waals surface area contributed by atoms with Crippen molar-refractivity contribution in [3.63, 3.8) is 0 Å². The van der Waals surface area contributed by atoms with E-state index in [9.17, 15) is 0 Å². The van der Waals surface area contributed by atoms with E-state index in [0.29, 0.717) is 6.42 Å². The van der Waals surface area contributed by atoms with Gasteiger partial charge in [0.15, 0.2) is 0 Å². The first-order chi connectivity index (χ1) is 6.93. The number of hydrogen-bond donors (Lipinski definition) is 1. The predicted octanol–water partition coefficient (Wildman–Crippen LogP) is 1.17. The van der Waals surface area contributed by atoms with E-state index < -0.39 is 0 Å². The molecule has 1 aromatic heterocycles. The van der Waals surface area contributed by atoms with Crippen LogP contribution < -0.4 is 5.32 Å². The summed E-state index contributed by atoms with van der Waals surface area (Å²) in [5.74, 6) is 0. The third kappa shape index (κ3) is 4.63. The molecular weight excluding hydrogens is 176 g/mol. The number of nitriles is 1. The van der Waals surface area contributed by atoms with Gasteiger partial charge in [-0.05, 0) is 25.5 Å². The van der Waals surface area contributed by atoms with Gasteiger partial charge < -0.3 is 5.32 Å². The molecule has 0 radical (unpaired) electrons. The topological polar surface area (TPSA) is 53.6 Å². The second-order valence-electron chi connectivity index (χ2n) is 3.13. The molecule has 76 valence electrons. The summed E-state index contributed by atoms with van der Waals surface area (Å²) in [5, 5.41) is 15.7. The molecule has 0 atom stereocenters. The van der Waals surface area contributed by atoms with E-state index in [1.807, 2.05) is 16.9 Å². The standard InChI is InChI=1S/C10H16N4/c11-5-2-1-3-6-12-8-10-14-9-4-7-13-14/h4,7,9,12H,1-3,6,8,10H2. The smallest absolute Gasteiger partial charge is 0.0621 e. The SMILES string of the molecule is N#CCCCCNCCn1cccn1. The van der Waals surface area contributed by atoms with Crippen molar-refractivity contribution >= 4 is 0 Å². The Bertz CT molecular complexity index is 260. The van der Waals surface area contributed by atoms with Crippen LogP contribution >= 0.6 is 0 Å². The number of nitrogens with zero attached hydrogens (tertiary/aromatic N) is 3. The predicted molar refractivity (Wildman–Crippen MR) is 54.6 cm³/mol. The minimum atomic E-state index is 0.667. The second-order valence-corrected chi connectivity index (χ2v) is 3.13. The quantitative estimate of drug-likeness (QED) is 0.660. The van der Waals surface area contributed by atoms with Gasteiger partial charge in [0, 0.05) is 25.4 Å². The molecule has 0 fully saturated rings.